The van der Waals surface area contributed by atoms with Gasteiger partial charge in [-0.2, -0.15) is 0 Å². The summed E-state index contributed by atoms with van der Waals surface area (Å²) in [5, 5.41) is 54.7. The molecule has 3 aliphatic carbocycles. The van der Waals surface area contributed by atoms with Gasteiger partial charge in [-0.15, -0.1) is 0 Å². The molecular weight excluding hydrogens is 472 g/mol. The first-order valence-electron chi connectivity index (χ1n) is 11.6. The minimum Gasteiger partial charge on any atom is -0.508 e. The number of phenolic OH excluding ortho intramolecular Hbond substituents is 1. The van der Waals surface area contributed by atoms with Crippen molar-refractivity contribution >= 4 is 23.3 Å². The molecule has 1 fully saturated rings. The van der Waals surface area contributed by atoms with Crippen LogP contribution >= 0.6 is 0 Å². The molecule has 0 aromatic heterocycles. The summed E-state index contributed by atoms with van der Waals surface area (Å²) < 4.78 is 5.76. The van der Waals surface area contributed by atoms with Crippen molar-refractivity contribution in [2.45, 2.75) is 50.2 Å². The molecule has 1 aromatic rings. The molecule has 36 heavy (non-hydrogen) atoms. The lowest BCUT2D eigenvalue weighted by Gasteiger charge is -2.54. The number of aliphatic hydroxyl groups excluding tert-OH is 3. The van der Waals surface area contributed by atoms with Crippen LogP contribution in [0.3, 0.4) is 0 Å². The maximum absolute atomic E-state index is 14.0. The fourth-order valence-corrected chi connectivity index (χ4v) is 6.00. The minimum absolute atomic E-state index is 0.0224. The standard InChI is InChI=1S/C25H30N2O9/c1-5-12(29)36-21-13-9(2)10-7-6-8-11(28)14(10)19(30)15(13)22(32)25(35)17(21)18(27(3)4)20(31)16(23(25)33)24(26)34/h6-9,13,17-18,21,24,28,30,33-35H,5,26H2,1-4H3/t9-,13+,17+,18-,21-,24?,25-/m0/s1. The van der Waals surface area contributed by atoms with E-state index >= 15 is 0 Å². The Bertz CT molecular complexity index is 1220. The summed E-state index contributed by atoms with van der Waals surface area (Å²) in [5.74, 6) is -7.94. The van der Waals surface area contributed by atoms with Crippen LogP contribution in [0.1, 0.15) is 37.3 Å². The Morgan fingerprint density at radius 1 is 1.22 bits per heavy atom. The SMILES string of the molecule is CCC(=O)O[C@H]1[C@H]2C(=C(O)c3c(O)cccc3[C@@H]2C)C(=O)[C@]2(O)C(O)=C(C(N)O)C(=O)[C@@H](N(C)C)[C@H]12. The van der Waals surface area contributed by atoms with Crippen molar-refractivity contribution in [1.82, 2.24) is 4.90 Å². The summed E-state index contributed by atoms with van der Waals surface area (Å²) in [7, 11) is 2.99. The zero-order valence-corrected chi connectivity index (χ0v) is 20.3. The molecule has 1 aromatic carbocycles. The van der Waals surface area contributed by atoms with E-state index < -0.39 is 76.4 Å². The Balaban J connectivity index is 2.10. The molecule has 0 aliphatic heterocycles. The van der Waals surface area contributed by atoms with Gasteiger partial charge in [0.25, 0.3) is 0 Å². The number of aliphatic hydroxyl groups is 4. The first-order chi connectivity index (χ1) is 16.8. The van der Waals surface area contributed by atoms with Crippen molar-refractivity contribution in [2.75, 3.05) is 14.1 Å². The third kappa shape index (κ3) is 3.30. The van der Waals surface area contributed by atoms with E-state index in [1.807, 2.05) is 0 Å². The highest BCUT2D eigenvalue weighted by molar-refractivity contribution is 6.14. The van der Waals surface area contributed by atoms with Crippen LogP contribution < -0.4 is 5.73 Å². The summed E-state index contributed by atoms with van der Waals surface area (Å²) in [6.45, 7) is 3.25. The number of esters is 1. The first kappa shape index (κ1) is 25.8. The molecule has 3 aliphatic rings. The predicted molar refractivity (Wildman–Crippen MR) is 126 cm³/mol. The highest BCUT2D eigenvalue weighted by Crippen LogP contribution is 2.57. The third-order valence-electron chi connectivity index (χ3n) is 7.61. The topological polar surface area (TPSA) is 191 Å². The number of rotatable bonds is 4. The average molecular weight is 503 g/mol. The van der Waals surface area contributed by atoms with Crippen molar-refractivity contribution in [3.05, 3.63) is 46.2 Å². The second-order valence-electron chi connectivity index (χ2n) is 9.73. The van der Waals surface area contributed by atoms with E-state index in [0.717, 1.165) is 0 Å². The van der Waals surface area contributed by atoms with Crippen LogP contribution in [0.15, 0.2) is 35.1 Å². The Morgan fingerprint density at radius 3 is 2.42 bits per heavy atom. The van der Waals surface area contributed by atoms with E-state index in [9.17, 15) is 39.9 Å². The van der Waals surface area contributed by atoms with Gasteiger partial charge in [-0.05, 0) is 31.6 Å². The molecule has 1 unspecified atom stereocenters. The van der Waals surface area contributed by atoms with Crippen molar-refractivity contribution < 1.29 is 44.7 Å². The number of ketones is 2. The predicted octanol–water partition coefficient (Wildman–Crippen LogP) is 0.249. The van der Waals surface area contributed by atoms with E-state index in [-0.39, 0.29) is 23.3 Å². The number of aromatic hydroxyl groups is 1. The van der Waals surface area contributed by atoms with Gasteiger partial charge in [0.15, 0.2) is 11.4 Å². The Kier molecular flexibility index (Phi) is 6.24. The summed E-state index contributed by atoms with van der Waals surface area (Å²) in [6.07, 6.45) is -3.45. The van der Waals surface area contributed by atoms with Gasteiger partial charge in [0.05, 0.1) is 23.1 Å². The monoisotopic (exact) mass is 502 g/mol. The zero-order valence-electron chi connectivity index (χ0n) is 20.3. The Labute approximate surface area is 207 Å². The van der Waals surface area contributed by atoms with Gasteiger partial charge in [0.1, 0.15) is 29.6 Å². The molecule has 0 radical (unpaired) electrons. The number of phenols is 1. The van der Waals surface area contributed by atoms with Crippen LogP contribution in [0.25, 0.3) is 5.76 Å². The fourth-order valence-electron chi connectivity index (χ4n) is 6.00. The Morgan fingerprint density at radius 2 is 1.86 bits per heavy atom. The van der Waals surface area contributed by atoms with Crippen molar-refractivity contribution in [3.8, 4) is 5.75 Å². The zero-order chi connectivity index (χ0) is 26.9. The smallest absolute Gasteiger partial charge is 0.305 e. The van der Waals surface area contributed by atoms with E-state index in [4.69, 9.17) is 10.5 Å². The summed E-state index contributed by atoms with van der Waals surface area (Å²) in [6, 6.07) is 3.20. The quantitative estimate of drug-likeness (QED) is 0.244. The molecule has 0 saturated heterocycles. The van der Waals surface area contributed by atoms with Crippen molar-refractivity contribution in [3.63, 3.8) is 0 Å². The molecule has 7 N–H and O–H groups in total. The van der Waals surface area contributed by atoms with Gasteiger partial charge in [-0.3, -0.25) is 19.3 Å². The summed E-state index contributed by atoms with van der Waals surface area (Å²) in [5.41, 5.74) is 1.98. The summed E-state index contributed by atoms with van der Waals surface area (Å²) >= 11 is 0. The number of carbonyl (C=O) groups excluding carboxylic acids is 3. The van der Waals surface area contributed by atoms with Gasteiger partial charge < -0.3 is 36.0 Å². The lowest BCUT2D eigenvalue weighted by atomic mass is 9.54. The number of ether oxygens (including phenoxy) is 1. The molecule has 4 rings (SSSR count). The molecule has 7 atom stereocenters. The van der Waals surface area contributed by atoms with Crippen LogP contribution in [0.5, 0.6) is 5.75 Å². The largest absolute Gasteiger partial charge is 0.508 e. The lowest BCUT2D eigenvalue weighted by Crippen LogP contribution is -2.71. The minimum atomic E-state index is -2.88. The molecule has 11 heteroatoms. The van der Waals surface area contributed by atoms with Gasteiger partial charge in [0.2, 0.25) is 5.78 Å². The molecular formula is C25H30N2O9. The van der Waals surface area contributed by atoms with Crippen molar-refractivity contribution in [2.24, 2.45) is 17.6 Å². The second kappa shape index (κ2) is 8.70. The van der Waals surface area contributed by atoms with E-state index in [1.165, 1.54) is 25.1 Å². The number of fused-ring (bicyclic) bond motifs is 3. The third-order valence-corrected chi connectivity index (χ3v) is 7.61. The normalized spacial score (nSPS) is 32.7. The van der Waals surface area contributed by atoms with Gasteiger partial charge in [-0.1, -0.05) is 26.0 Å². The number of carbonyl (C=O) groups is 3. The first-order valence-corrected chi connectivity index (χ1v) is 11.6. The lowest BCUT2D eigenvalue weighted by molar-refractivity contribution is -0.185. The fraction of sp³-hybridized carbons (Fsp3) is 0.480. The van der Waals surface area contributed by atoms with Gasteiger partial charge in [0, 0.05) is 17.9 Å². The van der Waals surface area contributed by atoms with Crippen LogP contribution in [0, 0.1) is 11.8 Å². The molecule has 0 bridgehead atoms. The highest BCUT2D eigenvalue weighted by atomic mass is 16.5. The maximum atomic E-state index is 14.0. The number of hydrogen-bond acceptors (Lipinski definition) is 11. The van der Waals surface area contributed by atoms with Gasteiger partial charge >= 0.3 is 5.97 Å². The molecule has 1 saturated carbocycles. The molecule has 0 amide bonds. The molecule has 0 spiro atoms. The van der Waals surface area contributed by atoms with Gasteiger partial charge in [-0.25, -0.2) is 0 Å². The maximum Gasteiger partial charge on any atom is 0.305 e. The summed E-state index contributed by atoms with van der Waals surface area (Å²) in [4.78, 5) is 41.4. The molecule has 0 heterocycles. The van der Waals surface area contributed by atoms with E-state index in [2.05, 4.69) is 0 Å². The number of likely N-dealkylation sites (N-methyl/N-ethyl adjacent to an activating group) is 1. The number of nitrogens with zero attached hydrogens (tertiary/aromatic N) is 1. The number of hydrogen-bond donors (Lipinski definition) is 6. The number of Topliss-reactive ketones (excluding diaryl/α,β-unsaturated/α-hetero) is 2. The Hall–Kier alpha value is -3.25. The number of nitrogens with two attached hydrogens (primary N) is 1. The molecule has 194 valence electrons. The van der Waals surface area contributed by atoms with E-state index in [0.29, 0.717) is 5.56 Å². The van der Waals surface area contributed by atoms with Crippen LogP contribution in [0.2, 0.25) is 0 Å². The van der Waals surface area contributed by atoms with Crippen LogP contribution in [0.4, 0.5) is 0 Å². The second-order valence-corrected chi connectivity index (χ2v) is 9.73. The average Bonchev–Trinajstić information content (AvgIpc) is 2.80. The highest BCUT2D eigenvalue weighted by Gasteiger charge is 2.69. The van der Waals surface area contributed by atoms with E-state index in [1.54, 1.807) is 26.0 Å². The number of benzene rings is 1. The van der Waals surface area contributed by atoms with Crippen LogP contribution in [-0.4, -0.2) is 86.0 Å². The van der Waals surface area contributed by atoms with Crippen molar-refractivity contribution in [1.29, 1.82) is 0 Å². The van der Waals surface area contributed by atoms with Crippen LogP contribution in [-0.2, 0) is 19.1 Å². The molecule has 11 nitrogen and oxygen atoms in total.